The molecule has 1 atom stereocenters. The molecule has 0 aliphatic heterocycles. The molecule has 0 aliphatic rings. The molecular formula is C14H20BrN3O3. The molecule has 1 aromatic rings. The number of nitrogens with two attached hydrogens (primary N) is 1. The van der Waals surface area contributed by atoms with Gasteiger partial charge in [-0.2, -0.15) is 0 Å². The third-order valence-electron chi connectivity index (χ3n) is 2.88. The highest BCUT2D eigenvalue weighted by molar-refractivity contribution is 9.10. The number of methoxy groups -OCH3 is 1. The van der Waals surface area contributed by atoms with Crippen LogP contribution in [0.25, 0.3) is 0 Å². The van der Waals surface area contributed by atoms with Crippen LogP contribution in [0.3, 0.4) is 0 Å². The smallest absolute Gasteiger partial charge is 0.243 e. The number of nitrogens with one attached hydrogen (secondary N) is 2. The number of ether oxygens (including phenoxy) is 1. The van der Waals surface area contributed by atoms with E-state index in [-0.39, 0.29) is 24.3 Å². The van der Waals surface area contributed by atoms with Crippen LogP contribution in [0.5, 0.6) is 5.75 Å². The van der Waals surface area contributed by atoms with Crippen LogP contribution in [0.15, 0.2) is 22.7 Å². The van der Waals surface area contributed by atoms with Gasteiger partial charge in [0, 0.05) is 11.8 Å². The lowest BCUT2D eigenvalue weighted by molar-refractivity contribution is -0.125. The van der Waals surface area contributed by atoms with E-state index in [0.717, 1.165) is 4.47 Å². The maximum absolute atomic E-state index is 11.8. The number of hydrogen-bond acceptors (Lipinski definition) is 4. The molecule has 0 saturated carbocycles. The Hall–Kier alpha value is -1.60. The number of halogens is 1. The van der Waals surface area contributed by atoms with E-state index in [1.54, 1.807) is 25.3 Å². The van der Waals surface area contributed by atoms with Crippen molar-refractivity contribution < 1.29 is 14.3 Å². The third-order valence-corrected chi connectivity index (χ3v) is 3.53. The fourth-order valence-corrected chi connectivity index (χ4v) is 1.94. The topological polar surface area (TPSA) is 93.5 Å². The van der Waals surface area contributed by atoms with Crippen molar-refractivity contribution in [3.05, 3.63) is 22.7 Å². The summed E-state index contributed by atoms with van der Waals surface area (Å²) in [5.41, 5.74) is 6.27. The van der Waals surface area contributed by atoms with Crippen LogP contribution in [-0.4, -0.2) is 31.5 Å². The number of anilines is 1. The fraction of sp³-hybridized carbons (Fsp3) is 0.429. The van der Waals surface area contributed by atoms with Gasteiger partial charge in [0.2, 0.25) is 11.8 Å². The molecule has 0 spiro atoms. The molecule has 0 fully saturated rings. The molecule has 0 aromatic heterocycles. The molecule has 1 rings (SSSR count). The molecule has 0 bridgehead atoms. The first-order valence-corrected chi connectivity index (χ1v) is 7.31. The minimum atomic E-state index is -0.620. The summed E-state index contributed by atoms with van der Waals surface area (Å²) in [6.45, 7) is 3.56. The van der Waals surface area contributed by atoms with Crippen LogP contribution >= 0.6 is 15.9 Å². The normalized spacial score (nSPS) is 11.9. The number of carbonyl (C=O) groups is 2. The minimum absolute atomic E-state index is 0.0174. The Kier molecular flexibility index (Phi) is 6.64. The van der Waals surface area contributed by atoms with Gasteiger partial charge in [0.15, 0.2) is 0 Å². The van der Waals surface area contributed by atoms with Crippen molar-refractivity contribution in [3.63, 3.8) is 0 Å². The zero-order valence-electron chi connectivity index (χ0n) is 12.3. The summed E-state index contributed by atoms with van der Waals surface area (Å²) in [6, 6.07) is 4.56. The second-order valence-electron chi connectivity index (χ2n) is 4.89. The van der Waals surface area contributed by atoms with Gasteiger partial charge in [-0.25, -0.2) is 0 Å². The van der Waals surface area contributed by atoms with Crippen molar-refractivity contribution in [2.45, 2.75) is 19.9 Å². The standard InChI is InChI=1S/C14H20BrN3O3/c1-8(2)13(16)14(20)17-7-12(19)18-9-4-5-10(15)11(6-9)21-3/h4-6,8,13H,7,16H2,1-3H3,(H,17,20)(H,18,19)/t13-/m0/s1. The van der Waals surface area contributed by atoms with E-state index >= 15 is 0 Å². The second kappa shape index (κ2) is 7.99. The van der Waals surface area contributed by atoms with E-state index in [0.29, 0.717) is 11.4 Å². The molecule has 0 heterocycles. The molecule has 116 valence electrons. The Balaban J connectivity index is 2.53. The van der Waals surface area contributed by atoms with E-state index in [1.165, 1.54) is 0 Å². The van der Waals surface area contributed by atoms with E-state index in [2.05, 4.69) is 26.6 Å². The average molecular weight is 358 g/mol. The lowest BCUT2D eigenvalue weighted by Crippen LogP contribution is -2.46. The lowest BCUT2D eigenvalue weighted by atomic mass is 10.1. The molecular weight excluding hydrogens is 338 g/mol. The minimum Gasteiger partial charge on any atom is -0.495 e. The SMILES string of the molecule is COc1cc(NC(=O)CNC(=O)[C@@H](N)C(C)C)ccc1Br. The Morgan fingerprint density at radius 2 is 2.05 bits per heavy atom. The van der Waals surface area contributed by atoms with Crippen molar-refractivity contribution in [2.75, 3.05) is 19.0 Å². The van der Waals surface area contributed by atoms with Crippen LogP contribution in [0.2, 0.25) is 0 Å². The van der Waals surface area contributed by atoms with Gasteiger partial charge in [-0.3, -0.25) is 9.59 Å². The Bertz CT molecular complexity index is 520. The van der Waals surface area contributed by atoms with Crippen molar-refractivity contribution >= 4 is 33.4 Å². The first kappa shape index (κ1) is 17.5. The molecule has 21 heavy (non-hydrogen) atoms. The predicted octanol–water partition coefficient (Wildman–Crippen LogP) is 1.50. The molecule has 6 nitrogen and oxygen atoms in total. The highest BCUT2D eigenvalue weighted by Crippen LogP contribution is 2.27. The molecule has 0 saturated heterocycles. The molecule has 0 aliphatic carbocycles. The fourth-order valence-electron chi connectivity index (χ4n) is 1.53. The highest BCUT2D eigenvalue weighted by Gasteiger charge is 2.17. The second-order valence-corrected chi connectivity index (χ2v) is 5.74. The molecule has 1 aromatic carbocycles. The average Bonchev–Trinajstić information content (AvgIpc) is 2.45. The summed E-state index contributed by atoms with van der Waals surface area (Å²) in [5.74, 6) is -0.0420. The number of amides is 2. The van der Waals surface area contributed by atoms with Gasteiger partial charge in [0.25, 0.3) is 0 Å². The van der Waals surface area contributed by atoms with Gasteiger partial charge in [0.05, 0.1) is 24.2 Å². The van der Waals surface area contributed by atoms with Crippen LogP contribution in [0.4, 0.5) is 5.69 Å². The summed E-state index contributed by atoms with van der Waals surface area (Å²) < 4.78 is 5.93. The van der Waals surface area contributed by atoms with Gasteiger partial charge in [-0.15, -0.1) is 0 Å². The first-order valence-electron chi connectivity index (χ1n) is 6.51. The summed E-state index contributed by atoms with van der Waals surface area (Å²) in [7, 11) is 1.54. The number of rotatable bonds is 6. The van der Waals surface area contributed by atoms with Crippen molar-refractivity contribution in [1.29, 1.82) is 0 Å². The molecule has 2 amide bonds. The number of hydrogen-bond donors (Lipinski definition) is 3. The summed E-state index contributed by atoms with van der Waals surface area (Å²) in [6.07, 6.45) is 0. The Labute approximate surface area is 132 Å². The van der Waals surface area contributed by atoms with Crippen molar-refractivity contribution in [3.8, 4) is 5.75 Å². The van der Waals surface area contributed by atoms with E-state index in [4.69, 9.17) is 10.5 Å². The van der Waals surface area contributed by atoms with Crippen LogP contribution in [0, 0.1) is 5.92 Å². The largest absolute Gasteiger partial charge is 0.495 e. The molecule has 0 radical (unpaired) electrons. The number of carbonyl (C=O) groups excluding carboxylic acids is 2. The van der Waals surface area contributed by atoms with Gasteiger partial charge in [0.1, 0.15) is 5.75 Å². The van der Waals surface area contributed by atoms with E-state index < -0.39 is 6.04 Å². The van der Waals surface area contributed by atoms with E-state index in [9.17, 15) is 9.59 Å². The monoisotopic (exact) mass is 357 g/mol. The van der Waals surface area contributed by atoms with Gasteiger partial charge < -0.3 is 21.1 Å². The first-order chi connectivity index (χ1) is 9.85. The maximum atomic E-state index is 11.8. The summed E-state index contributed by atoms with van der Waals surface area (Å²) >= 11 is 3.33. The van der Waals surface area contributed by atoms with Crippen molar-refractivity contribution in [2.24, 2.45) is 11.7 Å². The summed E-state index contributed by atoms with van der Waals surface area (Å²) in [4.78, 5) is 23.4. The van der Waals surface area contributed by atoms with Crippen LogP contribution < -0.4 is 21.1 Å². The van der Waals surface area contributed by atoms with Crippen LogP contribution in [0.1, 0.15) is 13.8 Å². The predicted molar refractivity (Wildman–Crippen MR) is 85.1 cm³/mol. The number of benzene rings is 1. The zero-order valence-corrected chi connectivity index (χ0v) is 13.9. The Morgan fingerprint density at radius 1 is 1.38 bits per heavy atom. The highest BCUT2D eigenvalue weighted by atomic mass is 79.9. The quantitative estimate of drug-likeness (QED) is 0.718. The molecule has 4 N–H and O–H groups in total. The van der Waals surface area contributed by atoms with Gasteiger partial charge >= 0.3 is 0 Å². The Morgan fingerprint density at radius 3 is 2.62 bits per heavy atom. The van der Waals surface area contributed by atoms with Crippen molar-refractivity contribution in [1.82, 2.24) is 5.32 Å². The molecule has 7 heteroatoms. The zero-order chi connectivity index (χ0) is 16.0. The van der Waals surface area contributed by atoms with E-state index in [1.807, 2.05) is 13.8 Å². The summed E-state index contributed by atoms with van der Waals surface area (Å²) in [5, 5.41) is 5.18. The molecule has 0 unspecified atom stereocenters. The lowest BCUT2D eigenvalue weighted by Gasteiger charge is -2.15. The third kappa shape index (κ3) is 5.35. The van der Waals surface area contributed by atoms with Gasteiger partial charge in [-0.05, 0) is 34.0 Å². The van der Waals surface area contributed by atoms with Crippen LogP contribution in [-0.2, 0) is 9.59 Å². The van der Waals surface area contributed by atoms with Gasteiger partial charge in [-0.1, -0.05) is 13.8 Å². The maximum Gasteiger partial charge on any atom is 0.243 e.